The SMILES string of the molecule is N#CC(=Cc1ccc(O)cc1Cl)S(=O)(=O)NCCCc1ccccc1. The van der Waals surface area contributed by atoms with Crippen LogP contribution in [0.3, 0.4) is 0 Å². The van der Waals surface area contributed by atoms with E-state index in [0.717, 1.165) is 12.0 Å². The minimum Gasteiger partial charge on any atom is -0.508 e. The molecule has 0 radical (unpaired) electrons. The van der Waals surface area contributed by atoms with Gasteiger partial charge in [0.2, 0.25) is 0 Å². The van der Waals surface area contributed by atoms with Gasteiger partial charge in [0.1, 0.15) is 11.8 Å². The smallest absolute Gasteiger partial charge is 0.250 e. The minimum atomic E-state index is -3.92. The molecule has 2 aromatic rings. The Morgan fingerprint density at radius 1 is 1.24 bits per heavy atom. The molecule has 0 bridgehead atoms. The van der Waals surface area contributed by atoms with Gasteiger partial charge in [-0.1, -0.05) is 41.9 Å². The number of aromatic hydroxyl groups is 1. The number of sulfonamides is 1. The van der Waals surface area contributed by atoms with Gasteiger partial charge in [0.15, 0.2) is 4.91 Å². The van der Waals surface area contributed by atoms with E-state index in [1.807, 2.05) is 30.3 Å². The highest BCUT2D eigenvalue weighted by Crippen LogP contribution is 2.24. The second-order valence-electron chi connectivity index (χ2n) is 5.31. The Morgan fingerprint density at radius 3 is 2.60 bits per heavy atom. The zero-order valence-electron chi connectivity index (χ0n) is 13.3. The van der Waals surface area contributed by atoms with E-state index in [-0.39, 0.29) is 17.3 Å². The van der Waals surface area contributed by atoms with Crippen molar-refractivity contribution in [3.63, 3.8) is 0 Å². The number of allylic oxidation sites excluding steroid dienone is 1. The maximum atomic E-state index is 12.3. The topological polar surface area (TPSA) is 90.2 Å². The first kappa shape index (κ1) is 19.0. The summed E-state index contributed by atoms with van der Waals surface area (Å²) >= 11 is 5.95. The molecule has 2 N–H and O–H groups in total. The van der Waals surface area contributed by atoms with Crippen LogP contribution in [-0.4, -0.2) is 20.1 Å². The Balaban J connectivity index is 2.03. The molecule has 5 nitrogen and oxygen atoms in total. The summed E-state index contributed by atoms with van der Waals surface area (Å²) in [5.74, 6) is -0.0393. The van der Waals surface area contributed by atoms with Gasteiger partial charge >= 0.3 is 0 Å². The zero-order valence-corrected chi connectivity index (χ0v) is 14.9. The molecule has 130 valence electrons. The minimum absolute atomic E-state index is 0.0393. The summed E-state index contributed by atoms with van der Waals surface area (Å²) < 4.78 is 26.9. The number of nitriles is 1. The molecule has 0 heterocycles. The highest BCUT2D eigenvalue weighted by molar-refractivity contribution is 7.93. The van der Waals surface area contributed by atoms with Crippen LogP contribution in [0, 0.1) is 11.3 Å². The molecule has 0 aliphatic heterocycles. The largest absolute Gasteiger partial charge is 0.508 e. The molecule has 0 aliphatic carbocycles. The van der Waals surface area contributed by atoms with Crippen molar-refractivity contribution in [3.8, 4) is 11.8 Å². The van der Waals surface area contributed by atoms with Gasteiger partial charge < -0.3 is 5.11 Å². The Morgan fingerprint density at radius 2 is 1.96 bits per heavy atom. The third-order valence-corrected chi connectivity index (χ3v) is 5.15. The van der Waals surface area contributed by atoms with Crippen molar-refractivity contribution in [2.45, 2.75) is 12.8 Å². The summed E-state index contributed by atoms with van der Waals surface area (Å²) in [6, 6.07) is 15.5. The number of phenolic OH excluding ortho intramolecular Hbond substituents is 1. The number of halogens is 1. The highest BCUT2D eigenvalue weighted by Gasteiger charge is 2.17. The predicted molar refractivity (Wildman–Crippen MR) is 98.4 cm³/mol. The fourth-order valence-corrected chi connectivity index (χ4v) is 3.37. The summed E-state index contributed by atoms with van der Waals surface area (Å²) in [6.07, 6.45) is 2.53. The molecule has 0 amide bonds. The van der Waals surface area contributed by atoms with Crippen LogP contribution in [0.5, 0.6) is 5.75 Å². The fourth-order valence-electron chi connectivity index (χ4n) is 2.17. The van der Waals surface area contributed by atoms with Gasteiger partial charge in [0.05, 0.1) is 5.02 Å². The van der Waals surface area contributed by atoms with E-state index < -0.39 is 14.9 Å². The van der Waals surface area contributed by atoms with Gasteiger partial charge in [-0.2, -0.15) is 5.26 Å². The molecule has 7 heteroatoms. The number of nitrogens with one attached hydrogen (secondary N) is 1. The molecule has 2 aromatic carbocycles. The standard InChI is InChI=1S/C18H17ClN2O3S/c19-18-12-16(22)9-8-15(18)11-17(13-20)25(23,24)21-10-4-7-14-5-2-1-3-6-14/h1-3,5-6,8-9,11-12,21-22H,4,7,10H2. The lowest BCUT2D eigenvalue weighted by Gasteiger charge is -2.06. The second kappa shape index (κ2) is 8.67. The number of benzene rings is 2. The molecule has 0 saturated heterocycles. The summed E-state index contributed by atoms with van der Waals surface area (Å²) in [4.78, 5) is -0.431. The molecule has 0 aliphatic rings. The van der Waals surface area contributed by atoms with Crippen molar-refractivity contribution < 1.29 is 13.5 Å². The van der Waals surface area contributed by atoms with Crippen LogP contribution in [0.2, 0.25) is 5.02 Å². The van der Waals surface area contributed by atoms with Crippen LogP contribution in [0.4, 0.5) is 0 Å². The van der Waals surface area contributed by atoms with Crippen molar-refractivity contribution in [2.24, 2.45) is 0 Å². The number of nitrogens with zero attached hydrogens (tertiary/aromatic N) is 1. The Hall–Kier alpha value is -2.33. The molecule has 0 aromatic heterocycles. The van der Waals surface area contributed by atoms with Crippen LogP contribution in [-0.2, 0) is 16.4 Å². The Kier molecular flexibility index (Phi) is 6.59. The maximum Gasteiger partial charge on any atom is 0.250 e. The van der Waals surface area contributed by atoms with Crippen LogP contribution < -0.4 is 4.72 Å². The molecule has 2 rings (SSSR count). The lowest BCUT2D eigenvalue weighted by molar-refractivity contribution is 0.475. The monoisotopic (exact) mass is 376 g/mol. The number of phenols is 1. The average molecular weight is 377 g/mol. The van der Waals surface area contributed by atoms with Crippen molar-refractivity contribution in [3.05, 3.63) is 69.6 Å². The van der Waals surface area contributed by atoms with Gasteiger partial charge in [0.25, 0.3) is 10.0 Å². The molecule has 0 atom stereocenters. The van der Waals surface area contributed by atoms with Crippen LogP contribution in [0.15, 0.2) is 53.4 Å². The second-order valence-corrected chi connectivity index (χ2v) is 7.46. The van der Waals surface area contributed by atoms with E-state index in [1.165, 1.54) is 24.3 Å². The third-order valence-electron chi connectivity index (χ3n) is 3.45. The lowest BCUT2D eigenvalue weighted by Crippen LogP contribution is -2.26. The lowest BCUT2D eigenvalue weighted by atomic mass is 10.1. The number of aryl methyl sites for hydroxylation is 1. The van der Waals surface area contributed by atoms with E-state index in [2.05, 4.69) is 4.72 Å². The summed E-state index contributed by atoms with van der Waals surface area (Å²) in [5, 5.41) is 18.7. The number of hydrogen-bond donors (Lipinski definition) is 2. The molecular weight excluding hydrogens is 360 g/mol. The van der Waals surface area contributed by atoms with Crippen molar-refractivity contribution in [1.29, 1.82) is 5.26 Å². The van der Waals surface area contributed by atoms with Gasteiger partial charge in [-0.25, -0.2) is 13.1 Å². The Bertz CT molecular complexity index is 904. The average Bonchev–Trinajstić information content (AvgIpc) is 2.59. The fraction of sp³-hybridized carbons (Fsp3) is 0.167. The molecule has 25 heavy (non-hydrogen) atoms. The normalized spacial score (nSPS) is 11.9. The van der Waals surface area contributed by atoms with Crippen LogP contribution in [0.1, 0.15) is 17.5 Å². The van der Waals surface area contributed by atoms with Crippen LogP contribution in [0.25, 0.3) is 6.08 Å². The first-order chi connectivity index (χ1) is 11.9. The van der Waals surface area contributed by atoms with Crippen molar-refractivity contribution >= 4 is 27.7 Å². The molecule has 0 fully saturated rings. The third kappa shape index (κ3) is 5.61. The van der Waals surface area contributed by atoms with Gasteiger partial charge in [0, 0.05) is 6.54 Å². The van der Waals surface area contributed by atoms with Crippen molar-refractivity contribution in [1.82, 2.24) is 4.72 Å². The van der Waals surface area contributed by atoms with E-state index in [0.29, 0.717) is 12.0 Å². The molecule has 0 unspecified atom stereocenters. The summed E-state index contributed by atoms with van der Waals surface area (Å²) in [7, 11) is -3.92. The molecular formula is C18H17ClN2O3S. The van der Waals surface area contributed by atoms with E-state index >= 15 is 0 Å². The van der Waals surface area contributed by atoms with E-state index in [9.17, 15) is 18.8 Å². The number of hydrogen-bond acceptors (Lipinski definition) is 4. The zero-order chi connectivity index (χ0) is 18.3. The van der Waals surface area contributed by atoms with E-state index in [4.69, 9.17) is 11.6 Å². The Labute approximate surface area is 152 Å². The molecule has 0 saturated carbocycles. The predicted octanol–water partition coefficient (Wildman–Crippen LogP) is 3.46. The summed E-state index contributed by atoms with van der Waals surface area (Å²) in [5.41, 5.74) is 1.46. The van der Waals surface area contributed by atoms with E-state index in [1.54, 1.807) is 6.07 Å². The van der Waals surface area contributed by atoms with Crippen molar-refractivity contribution in [2.75, 3.05) is 6.54 Å². The highest BCUT2D eigenvalue weighted by atomic mass is 35.5. The van der Waals surface area contributed by atoms with Gasteiger partial charge in [-0.3, -0.25) is 0 Å². The summed E-state index contributed by atoms with van der Waals surface area (Å²) in [6.45, 7) is 0.222. The van der Waals surface area contributed by atoms with Gasteiger partial charge in [-0.15, -0.1) is 0 Å². The quantitative estimate of drug-likeness (QED) is 0.572. The van der Waals surface area contributed by atoms with Gasteiger partial charge in [-0.05, 0) is 48.2 Å². The van der Waals surface area contributed by atoms with Crippen LogP contribution >= 0.6 is 11.6 Å². The molecule has 0 spiro atoms. The first-order valence-electron chi connectivity index (χ1n) is 7.56. The number of rotatable bonds is 7. The maximum absolute atomic E-state index is 12.3. The first-order valence-corrected chi connectivity index (χ1v) is 9.42.